The molecule has 1 amide bonds. The Bertz CT molecular complexity index is 601. The Balaban J connectivity index is 1.95. The van der Waals surface area contributed by atoms with Gasteiger partial charge in [0.1, 0.15) is 0 Å². The second-order valence-electron chi connectivity index (χ2n) is 4.23. The summed E-state index contributed by atoms with van der Waals surface area (Å²) in [4.78, 5) is 13.9. The van der Waals surface area contributed by atoms with Gasteiger partial charge in [0.15, 0.2) is 0 Å². The van der Waals surface area contributed by atoms with Crippen molar-refractivity contribution >= 4 is 46.4 Å². The van der Waals surface area contributed by atoms with Crippen LogP contribution in [0, 0.1) is 0 Å². The molecule has 2 heterocycles. The normalized spacial score (nSPS) is 11.4. The summed E-state index contributed by atoms with van der Waals surface area (Å²) in [6.45, 7) is 4.21. The highest BCUT2D eigenvalue weighted by atomic mass is 35.5. The van der Waals surface area contributed by atoms with Gasteiger partial charge in [-0.2, -0.15) is 5.10 Å². The molecule has 0 unspecified atom stereocenters. The Kier molecular flexibility index (Phi) is 4.74. The van der Waals surface area contributed by atoms with Crippen LogP contribution in [0.3, 0.4) is 0 Å². The van der Waals surface area contributed by atoms with E-state index >= 15 is 0 Å². The van der Waals surface area contributed by atoms with Gasteiger partial charge < -0.3 is 0 Å². The van der Waals surface area contributed by atoms with Crippen molar-refractivity contribution in [1.82, 2.24) is 5.43 Å². The van der Waals surface area contributed by atoms with Crippen LogP contribution in [0.4, 0.5) is 0 Å². The monoisotopic (exact) mass is 312 g/mol. The van der Waals surface area contributed by atoms with Crippen LogP contribution in [0.5, 0.6) is 0 Å². The molecule has 0 bridgehead atoms. The number of thiophene rings is 2. The van der Waals surface area contributed by atoms with Crippen molar-refractivity contribution in [2.24, 2.45) is 5.10 Å². The number of hydrazone groups is 1. The third kappa shape index (κ3) is 3.89. The molecule has 0 aliphatic heterocycles. The Morgan fingerprint density at radius 1 is 1.47 bits per heavy atom. The maximum atomic E-state index is 11.8. The number of amides is 1. The van der Waals surface area contributed by atoms with Crippen LogP contribution in [0.1, 0.15) is 39.9 Å². The van der Waals surface area contributed by atoms with E-state index in [1.165, 1.54) is 16.2 Å². The molecule has 2 aromatic heterocycles. The summed E-state index contributed by atoms with van der Waals surface area (Å²) in [5, 5.41) is 5.77. The molecule has 2 aromatic rings. The van der Waals surface area contributed by atoms with E-state index in [1.807, 2.05) is 17.5 Å². The summed E-state index contributed by atoms with van der Waals surface area (Å²) in [7, 11) is 0. The molecular formula is C13H13ClN2OS2. The molecule has 100 valence electrons. The molecule has 3 nitrogen and oxygen atoms in total. The van der Waals surface area contributed by atoms with Crippen molar-refractivity contribution in [2.45, 2.75) is 19.8 Å². The lowest BCUT2D eigenvalue weighted by Crippen LogP contribution is -2.16. The van der Waals surface area contributed by atoms with Gasteiger partial charge >= 0.3 is 0 Å². The first-order valence-corrected chi connectivity index (χ1v) is 7.81. The van der Waals surface area contributed by atoms with Gasteiger partial charge in [-0.1, -0.05) is 25.4 Å². The Morgan fingerprint density at radius 2 is 2.26 bits per heavy atom. The predicted octanol–water partition coefficient (Wildman–Crippen LogP) is 4.35. The summed E-state index contributed by atoms with van der Waals surface area (Å²) >= 11 is 8.80. The average molecular weight is 313 g/mol. The number of nitrogens with zero attached hydrogens (tertiary/aromatic N) is 1. The molecule has 0 saturated heterocycles. The molecule has 0 fully saturated rings. The number of rotatable bonds is 4. The van der Waals surface area contributed by atoms with E-state index in [-0.39, 0.29) is 5.91 Å². The molecule has 0 aromatic carbocycles. The van der Waals surface area contributed by atoms with Crippen molar-refractivity contribution in [3.05, 3.63) is 43.2 Å². The van der Waals surface area contributed by atoms with E-state index < -0.39 is 0 Å². The van der Waals surface area contributed by atoms with Gasteiger partial charge in [0.2, 0.25) is 0 Å². The molecule has 1 N–H and O–H groups in total. The van der Waals surface area contributed by atoms with E-state index in [0.717, 1.165) is 4.88 Å². The van der Waals surface area contributed by atoms with Gasteiger partial charge in [0, 0.05) is 15.1 Å². The second kappa shape index (κ2) is 6.32. The Morgan fingerprint density at radius 3 is 2.84 bits per heavy atom. The van der Waals surface area contributed by atoms with Gasteiger partial charge in [-0.15, -0.1) is 22.7 Å². The maximum Gasteiger partial charge on any atom is 0.272 e. The fourth-order valence-electron chi connectivity index (χ4n) is 1.39. The van der Waals surface area contributed by atoms with Gasteiger partial charge in [0.05, 0.1) is 16.1 Å². The van der Waals surface area contributed by atoms with Gasteiger partial charge in [-0.05, 0) is 24.1 Å². The van der Waals surface area contributed by atoms with Crippen LogP contribution in [-0.2, 0) is 0 Å². The number of halogens is 1. The molecule has 2 rings (SSSR count). The summed E-state index contributed by atoms with van der Waals surface area (Å²) in [6, 6.07) is 5.55. The highest BCUT2D eigenvalue weighted by Gasteiger charge is 2.09. The first-order valence-electron chi connectivity index (χ1n) is 5.73. The lowest BCUT2D eigenvalue weighted by molar-refractivity contribution is 0.0955. The van der Waals surface area contributed by atoms with Crippen molar-refractivity contribution in [3.63, 3.8) is 0 Å². The number of hydrogen-bond acceptors (Lipinski definition) is 4. The third-order valence-corrected chi connectivity index (χ3v) is 4.80. The molecule has 19 heavy (non-hydrogen) atoms. The standard InChI is InChI=1S/C13H13ClN2OS2/c1-8(2)11-5-9(7-18-11)13(17)16-15-6-10-3-4-12(14)19-10/h3-8H,1-2H3,(H,16,17)/b15-6+. The van der Waals surface area contributed by atoms with E-state index in [2.05, 4.69) is 24.4 Å². The number of hydrogen-bond donors (Lipinski definition) is 1. The van der Waals surface area contributed by atoms with Crippen LogP contribution in [0.25, 0.3) is 0 Å². The third-order valence-electron chi connectivity index (χ3n) is 2.40. The van der Waals surface area contributed by atoms with Crippen molar-refractivity contribution < 1.29 is 4.79 Å². The van der Waals surface area contributed by atoms with Crippen LogP contribution in [0.2, 0.25) is 4.34 Å². The van der Waals surface area contributed by atoms with Crippen LogP contribution < -0.4 is 5.43 Å². The minimum absolute atomic E-state index is 0.193. The summed E-state index contributed by atoms with van der Waals surface area (Å²) < 4.78 is 0.701. The van der Waals surface area contributed by atoms with E-state index in [4.69, 9.17) is 11.6 Å². The molecule has 0 aliphatic carbocycles. The number of nitrogens with one attached hydrogen (secondary N) is 1. The lowest BCUT2D eigenvalue weighted by atomic mass is 10.1. The summed E-state index contributed by atoms with van der Waals surface area (Å²) in [6.07, 6.45) is 1.59. The van der Waals surface area contributed by atoms with E-state index in [1.54, 1.807) is 23.6 Å². The molecule has 0 atom stereocenters. The Labute approximate surface area is 124 Å². The molecule has 0 saturated carbocycles. The smallest absolute Gasteiger partial charge is 0.267 e. The fraction of sp³-hybridized carbons (Fsp3) is 0.231. The largest absolute Gasteiger partial charge is 0.272 e. The first kappa shape index (κ1) is 14.2. The van der Waals surface area contributed by atoms with E-state index in [0.29, 0.717) is 15.8 Å². The lowest BCUT2D eigenvalue weighted by Gasteiger charge is -1.97. The first-order chi connectivity index (χ1) is 9.06. The Hall–Kier alpha value is -1.17. The van der Waals surface area contributed by atoms with Crippen LogP contribution >= 0.6 is 34.3 Å². The summed E-state index contributed by atoms with van der Waals surface area (Å²) in [5.74, 6) is 0.241. The zero-order valence-electron chi connectivity index (χ0n) is 10.5. The molecule has 0 spiro atoms. The quantitative estimate of drug-likeness (QED) is 0.662. The minimum atomic E-state index is -0.193. The van der Waals surface area contributed by atoms with Crippen LogP contribution in [-0.4, -0.2) is 12.1 Å². The van der Waals surface area contributed by atoms with E-state index in [9.17, 15) is 4.79 Å². The van der Waals surface area contributed by atoms with Crippen molar-refractivity contribution in [2.75, 3.05) is 0 Å². The topological polar surface area (TPSA) is 41.5 Å². The maximum absolute atomic E-state index is 11.8. The number of carbonyl (C=O) groups excluding carboxylic acids is 1. The second-order valence-corrected chi connectivity index (χ2v) is 6.92. The molecule has 6 heteroatoms. The van der Waals surface area contributed by atoms with Gasteiger partial charge in [-0.3, -0.25) is 4.79 Å². The highest BCUT2D eigenvalue weighted by molar-refractivity contribution is 7.17. The fourth-order valence-corrected chi connectivity index (χ4v) is 3.23. The average Bonchev–Trinajstić information content (AvgIpc) is 2.98. The highest BCUT2D eigenvalue weighted by Crippen LogP contribution is 2.23. The van der Waals surface area contributed by atoms with Gasteiger partial charge in [0.25, 0.3) is 5.91 Å². The van der Waals surface area contributed by atoms with Crippen LogP contribution in [0.15, 0.2) is 28.7 Å². The predicted molar refractivity (Wildman–Crippen MR) is 82.8 cm³/mol. The van der Waals surface area contributed by atoms with Gasteiger partial charge in [-0.25, -0.2) is 5.43 Å². The van der Waals surface area contributed by atoms with Crippen molar-refractivity contribution in [3.8, 4) is 0 Å². The van der Waals surface area contributed by atoms with Crippen molar-refractivity contribution in [1.29, 1.82) is 0 Å². The molecule has 0 aliphatic rings. The molecule has 0 radical (unpaired) electrons. The zero-order valence-corrected chi connectivity index (χ0v) is 12.9. The molecular weight excluding hydrogens is 300 g/mol. The SMILES string of the molecule is CC(C)c1cc(C(=O)N/N=C/c2ccc(Cl)s2)cs1. The summed E-state index contributed by atoms with van der Waals surface area (Å²) in [5.41, 5.74) is 3.16. The number of carbonyl (C=O) groups is 1. The minimum Gasteiger partial charge on any atom is -0.267 e. The zero-order chi connectivity index (χ0) is 13.8.